The molecule has 152 valence electrons. The molecule has 29 heavy (non-hydrogen) atoms. The summed E-state index contributed by atoms with van der Waals surface area (Å²) in [6.07, 6.45) is 5.81. The van der Waals surface area contributed by atoms with Crippen molar-refractivity contribution in [2.75, 3.05) is 31.6 Å². The Morgan fingerprint density at radius 2 is 2.21 bits per heavy atom. The summed E-state index contributed by atoms with van der Waals surface area (Å²) in [4.78, 5) is 23.6. The van der Waals surface area contributed by atoms with Gasteiger partial charge in [0.1, 0.15) is 17.9 Å². The first-order valence-electron chi connectivity index (χ1n) is 10.0. The van der Waals surface area contributed by atoms with Gasteiger partial charge in [-0.05, 0) is 37.8 Å². The number of para-hydroxylation sites is 1. The van der Waals surface area contributed by atoms with Crippen LogP contribution in [0.25, 0.3) is 11.1 Å². The van der Waals surface area contributed by atoms with Crippen LogP contribution in [0.2, 0.25) is 0 Å². The highest BCUT2D eigenvalue weighted by molar-refractivity contribution is 5.89. The van der Waals surface area contributed by atoms with Gasteiger partial charge in [-0.25, -0.2) is 9.97 Å². The Balaban J connectivity index is 1.39. The van der Waals surface area contributed by atoms with Crippen LogP contribution < -0.4 is 15.0 Å². The Morgan fingerprint density at radius 1 is 1.34 bits per heavy atom. The van der Waals surface area contributed by atoms with Crippen molar-refractivity contribution in [2.24, 2.45) is 5.92 Å². The smallest absolute Gasteiger partial charge is 0.231 e. The number of furan rings is 1. The van der Waals surface area contributed by atoms with Gasteiger partial charge in [-0.15, -0.1) is 0 Å². The topological polar surface area (TPSA) is 80.5 Å². The van der Waals surface area contributed by atoms with Gasteiger partial charge in [0, 0.05) is 25.2 Å². The number of aromatic nitrogens is 2. The highest BCUT2D eigenvalue weighted by Gasteiger charge is 2.28. The van der Waals surface area contributed by atoms with Crippen LogP contribution in [0.4, 0.5) is 5.82 Å². The molecule has 1 atom stereocenters. The van der Waals surface area contributed by atoms with Crippen LogP contribution >= 0.6 is 0 Å². The van der Waals surface area contributed by atoms with Crippen molar-refractivity contribution in [2.45, 2.75) is 26.2 Å². The number of anilines is 1. The van der Waals surface area contributed by atoms with Gasteiger partial charge in [0.05, 0.1) is 24.7 Å². The first-order chi connectivity index (χ1) is 14.2. The summed E-state index contributed by atoms with van der Waals surface area (Å²) in [5, 5.41) is 4.03. The molecule has 0 saturated carbocycles. The quantitative estimate of drug-likeness (QED) is 0.692. The molecule has 1 aromatic carbocycles. The highest BCUT2D eigenvalue weighted by atomic mass is 16.5. The van der Waals surface area contributed by atoms with E-state index in [4.69, 9.17) is 9.15 Å². The molecule has 3 heterocycles. The van der Waals surface area contributed by atoms with E-state index in [1.54, 1.807) is 13.4 Å². The average molecular weight is 394 g/mol. The molecule has 3 aromatic rings. The summed E-state index contributed by atoms with van der Waals surface area (Å²) in [7, 11) is 1.67. The van der Waals surface area contributed by atoms with Crippen molar-refractivity contribution < 1.29 is 13.9 Å². The molecular weight excluding hydrogens is 368 g/mol. The third-order valence-corrected chi connectivity index (χ3v) is 5.51. The van der Waals surface area contributed by atoms with Gasteiger partial charge in [0.15, 0.2) is 0 Å². The summed E-state index contributed by atoms with van der Waals surface area (Å²) in [5.74, 6) is 1.75. The molecule has 1 N–H and O–H groups in total. The first kappa shape index (κ1) is 19.2. The molecule has 2 aromatic heterocycles. The van der Waals surface area contributed by atoms with E-state index >= 15 is 0 Å². The number of nitrogens with zero attached hydrogens (tertiary/aromatic N) is 3. The van der Waals surface area contributed by atoms with Crippen molar-refractivity contribution in [3.05, 3.63) is 48.0 Å². The second-order valence-corrected chi connectivity index (χ2v) is 7.43. The summed E-state index contributed by atoms with van der Waals surface area (Å²) in [6.45, 7) is 4.11. The number of hydrogen-bond acceptors (Lipinski definition) is 6. The van der Waals surface area contributed by atoms with E-state index in [-0.39, 0.29) is 11.8 Å². The molecular formula is C22H26N4O3. The van der Waals surface area contributed by atoms with Gasteiger partial charge in [-0.1, -0.05) is 18.2 Å². The lowest BCUT2D eigenvalue weighted by molar-refractivity contribution is -0.125. The fourth-order valence-electron chi connectivity index (χ4n) is 4.00. The zero-order valence-corrected chi connectivity index (χ0v) is 16.9. The maximum Gasteiger partial charge on any atom is 0.231 e. The predicted octanol–water partition coefficient (Wildman–Crippen LogP) is 3.12. The first-order valence-corrected chi connectivity index (χ1v) is 10.0. The SMILES string of the molecule is COc1ccccc1CCNC(=O)C1CCCN(c2ncnc3occ(C)c23)C1. The van der Waals surface area contributed by atoms with Crippen molar-refractivity contribution in [1.82, 2.24) is 15.3 Å². The Morgan fingerprint density at radius 3 is 3.07 bits per heavy atom. The van der Waals surface area contributed by atoms with E-state index in [0.717, 1.165) is 53.9 Å². The Kier molecular flexibility index (Phi) is 5.64. The molecule has 4 rings (SSSR count). The van der Waals surface area contributed by atoms with Gasteiger partial charge >= 0.3 is 0 Å². The largest absolute Gasteiger partial charge is 0.496 e. The fourth-order valence-corrected chi connectivity index (χ4v) is 4.00. The zero-order chi connectivity index (χ0) is 20.2. The minimum absolute atomic E-state index is 0.0568. The molecule has 1 saturated heterocycles. The van der Waals surface area contributed by atoms with Crippen LogP contribution in [-0.4, -0.2) is 42.6 Å². The Hall–Kier alpha value is -3.09. The number of benzene rings is 1. The number of ether oxygens (including phenoxy) is 1. The van der Waals surface area contributed by atoms with Crippen molar-refractivity contribution in [1.29, 1.82) is 0 Å². The predicted molar refractivity (Wildman–Crippen MR) is 111 cm³/mol. The normalized spacial score (nSPS) is 16.8. The zero-order valence-electron chi connectivity index (χ0n) is 16.9. The van der Waals surface area contributed by atoms with E-state index in [2.05, 4.69) is 20.2 Å². The molecule has 0 aliphatic carbocycles. The Bertz CT molecular complexity index is 1000. The van der Waals surface area contributed by atoms with Gasteiger partial charge in [-0.2, -0.15) is 0 Å². The van der Waals surface area contributed by atoms with Crippen LogP contribution in [0.15, 0.2) is 41.3 Å². The number of rotatable bonds is 6. The maximum absolute atomic E-state index is 12.8. The number of hydrogen-bond donors (Lipinski definition) is 1. The molecule has 1 unspecified atom stereocenters. The van der Waals surface area contributed by atoms with Crippen LogP contribution in [0.5, 0.6) is 5.75 Å². The molecule has 1 fully saturated rings. The molecule has 1 aliphatic heterocycles. The number of nitrogens with one attached hydrogen (secondary N) is 1. The standard InChI is InChI=1S/C22H26N4O3/c1-15-13-29-22-19(15)20(24-14-25-22)26-11-5-7-17(12-26)21(27)23-10-9-16-6-3-4-8-18(16)28-2/h3-4,6,8,13-14,17H,5,7,9-12H2,1-2H3,(H,23,27). The molecule has 1 aliphatic rings. The van der Waals surface area contributed by atoms with Crippen LogP contribution in [0, 0.1) is 12.8 Å². The lowest BCUT2D eigenvalue weighted by Crippen LogP contribution is -2.43. The summed E-state index contributed by atoms with van der Waals surface area (Å²) in [6, 6.07) is 7.90. The van der Waals surface area contributed by atoms with Gasteiger partial charge in [0.25, 0.3) is 0 Å². The van der Waals surface area contributed by atoms with E-state index in [1.807, 2.05) is 31.2 Å². The van der Waals surface area contributed by atoms with Crippen molar-refractivity contribution in [3.8, 4) is 5.75 Å². The number of methoxy groups -OCH3 is 1. The van der Waals surface area contributed by atoms with Crippen molar-refractivity contribution >= 4 is 22.8 Å². The molecule has 0 spiro atoms. The number of piperidine rings is 1. The summed E-state index contributed by atoms with van der Waals surface area (Å²) >= 11 is 0. The summed E-state index contributed by atoms with van der Waals surface area (Å²) in [5.41, 5.74) is 2.70. The van der Waals surface area contributed by atoms with Crippen LogP contribution in [-0.2, 0) is 11.2 Å². The van der Waals surface area contributed by atoms with E-state index in [0.29, 0.717) is 18.8 Å². The van der Waals surface area contributed by atoms with E-state index in [9.17, 15) is 4.79 Å². The lowest BCUT2D eigenvalue weighted by atomic mass is 9.96. The second-order valence-electron chi connectivity index (χ2n) is 7.43. The molecule has 1 amide bonds. The molecule has 0 radical (unpaired) electrons. The average Bonchev–Trinajstić information content (AvgIpc) is 3.15. The minimum atomic E-state index is -0.0568. The van der Waals surface area contributed by atoms with Crippen LogP contribution in [0.3, 0.4) is 0 Å². The van der Waals surface area contributed by atoms with Gasteiger partial charge in [0.2, 0.25) is 11.6 Å². The van der Waals surface area contributed by atoms with E-state index in [1.165, 1.54) is 6.33 Å². The van der Waals surface area contributed by atoms with Crippen LogP contribution in [0.1, 0.15) is 24.0 Å². The van der Waals surface area contributed by atoms with Gasteiger partial charge in [-0.3, -0.25) is 4.79 Å². The maximum atomic E-state index is 12.8. The second kappa shape index (κ2) is 8.51. The highest BCUT2D eigenvalue weighted by Crippen LogP contribution is 2.30. The molecule has 0 bridgehead atoms. The number of carbonyl (C=O) groups excluding carboxylic acids is 1. The lowest BCUT2D eigenvalue weighted by Gasteiger charge is -2.33. The number of amides is 1. The van der Waals surface area contributed by atoms with E-state index < -0.39 is 0 Å². The fraction of sp³-hybridized carbons (Fsp3) is 0.409. The third kappa shape index (κ3) is 4.04. The van der Waals surface area contributed by atoms with Gasteiger partial charge < -0.3 is 19.4 Å². The third-order valence-electron chi connectivity index (χ3n) is 5.51. The number of fused-ring (bicyclic) bond motifs is 1. The minimum Gasteiger partial charge on any atom is -0.496 e. The van der Waals surface area contributed by atoms with Crippen molar-refractivity contribution in [3.63, 3.8) is 0 Å². The number of carbonyl (C=O) groups is 1. The Labute approximate surface area is 170 Å². The molecule has 7 nitrogen and oxygen atoms in total. The monoisotopic (exact) mass is 394 g/mol. The summed E-state index contributed by atoms with van der Waals surface area (Å²) < 4.78 is 10.9. The number of aryl methyl sites for hydroxylation is 1. The molecule has 7 heteroatoms.